The van der Waals surface area contributed by atoms with Crippen molar-refractivity contribution in [2.24, 2.45) is 0 Å². The van der Waals surface area contributed by atoms with Gasteiger partial charge >= 0.3 is 0 Å². The van der Waals surface area contributed by atoms with Crippen LogP contribution in [0.4, 0.5) is 0 Å². The molecule has 0 fully saturated rings. The second-order valence-corrected chi connectivity index (χ2v) is 4.02. The van der Waals surface area contributed by atoms with Crippen LogP contribution >= 0.6 is 0 Å². The van der Waals surface area contributed by atoms with Crippen LogP contribution in [0.5, 0.6) is 5.75 Å². The number of ether oxygens (including phenoxy) is 1. The Balaban J connectivity index is 2.02. The maximum absolute atomic E-state index is 9.48. The Hall–Kier alpha value is -1.80. The lowest BCUT2D eigenvalue weighted by Gasteiger charge is -2.09. The van der Waals surface area contributed by atoms with Gasteiger partial charge < -0.3 is 9.84 Å². The minimum atomic E-state index is -0.463. The zero-order chi connectivity index (χ0) is 12.1. The van der Waals surface area contributed by atoms with E-state index in [9.17, 15) is 5.11 Å². The van der Waals surface area contributed by atoms with Crippen molar-refractivity contribution >= 4 is 0 Å². The van der Waals surface area contributed by atoms with Gasteiger partial charge in [-0.2, -0.15) is 0 Å². The molecular formula is C15H16O2. The Morgan fingerprint density at radius 1 is 1.06 bits per heavy atom. The maximum atomic E-state index is 9.48. The van der Waals surface area contributed by atoms with E-state index in [2.05, 4.69) is 0 Å². The normalized spacial score (nSPS) is 12.1. The first-order valence-corrected chi connectivity index (χ1v) is 5.70. The number of aliphatic hydroxyl groups excluding tert-OH is 1. The minimum Gasteiger partial charge on any atom is -0.489 e. The molecule has 2 heteroatoms. The molecule has 1 atom stereocenters. The molecule has 0 saturated carbocycles. The van der Waals surface area contributed by atoms with Crippen LogP contribution in [0.1, 0.15) is 24.2 Å². The van der Waals surface area contributed by atoms with E-state index in [1.165, 1.54) is 0 Å². The molecule has 0 aliphatic rings. The zero-order valence-corrected chi connectivity index (χ0v) is 9.84. The highest BCUT2D eigenvalue weighted by molar-refractivity contribution is 5.30. The van der Waals surface area contributed by atoms with Gasteiger partial charge in [0.1, 0.15) is 12.4 Å². The van der Waals surface area contributed by atoms with E-state index in [1.54, 1.807) is 6.92 Å². The number of aliphatic hydroxyl groups is 1. The van der Waals surface area contributed by atoms with Gasteiger partial charge in [0.15, 0.2) is 0 Å². The largest absolute Gasteiger partial charge is 0.489 e. The van der Waals surface area contributed by atoms with E-state index in [1.807, 2.05) is 54.6 Å². The first-order chi connectivity index (χ1) is 8.25. The van der Waals surface area contributed by atoms with Crippen LogP contribution < -0.4 is 4.74 Å². The Labute approximate surface area is 101 Å². The Morgan fingerprint density at radius 2 is 1.82 bits per heavy atom. The fourth-order valence-corrected chi connectivity index (χ4v) is 1.61. The summed E-state index contributed by atoms with van der Waals surface area (Å²) in [5.41, 5.74) is 2.01. The zero-order valence-electron chi connectivity index (χ0n) is 9.84. The summed E-state index contributed by atoms with van der Waals surface area (Å²) in [5.74, 6) is 0.784. The maximum Gasteiger partial charge on any atom is 0.120 e. The van der Waals surface area contributed by atoms with E-state index < -0.39 is 6.10 Å². The molecule has 0 spiro atoms. The van der Waals surface area contributed by atoms with Crippen molar-refractivity contribution < 1.29 is 9.84 Å². The van der Waals surface area contributed by atoms with Crippen molar-refractivity contribution in [3.63, 3.8) is 0 Å². The quantitative estimate of drug-likeness (QED) is 0.869. The molecule has 0 saturated heterocycles. The molecule has 0 radical (unpaired) electrons. The number of hydrogen-bond donors (Lipinski definition) is 1. The van der Waals surface area contributed by atoms with Crippen LogP contribution in [0, 0.1) is 0 Å². The third kappa shape index (κ3) is 3.33. The van der Waals surface area contributed by atoms with Crippen LogP contribution in [-0.4, -0.2) is 5.11 Å². The lowest BCUT2D eigenvalue weighted by Crippen LogP contribution is -1.97. The number of rotatable bonds is 4. The van der Waals surface area contributed by atoms with Crippen LogP contribution in [-0.2, 0) is 6.61 Å². The molecule has 2 nitrogen and oxygen atoms in total. The Morgan fingerprint density at radius 3 is 2.53 bits per heavy atom. The number of benzene rings is 2. The summed E-state index contributed by atoms with van der Waals surface area (Å²) in [4.78, 5) is 0. The lowest BCUT2D eigenvalue weighted by atomic mass is 10.1. The third-order valence-corrected chi connectivity index (χ3v) is 2.59. The van der Waals surface area contributed by atoms with Crippen LogP contribution in [0.2, 0.25) is 0 Å². The topological polar surface area (TPSA) is 29.5 Å². The van der Waals surface area contributed by atoms with Crippen molar-refractivity contribution in [2.75, 3.05) is 0 Å². The van der Waals surface area contributed by atoms with Gasteiger partial charge in [-0.3, -0.25) is 0 Å². The summed E-state index contributed by atoms with van der Waals surface area (Å²) >= 11 is 0. The predicted octanol–water partition coefficient (Wildman–Crippen LogP) is 3.32. The molecule has 0 aliphatic heterocycles. The van der Waals surface area contributed by atoms with Crippen molar-refractivity contribution in [3.05, 3.63) is 65.7 Å². The predicted molar refractivity (Wildman–Crippen MR) is 67.8 cm³/mol. The summed E-state index contributed by atoms with van der Waals surface area (Å²) in [7, 11) is 0. The van der Waals surface area contributed by atoms with E-state index in [-0.39, 0.29) is 0 Å². The van der Waals surface area contributed by atoms with Gasteiger partial charge in [0.2, 0.25) is 0 Å². The van der Waals surface area contributed by atoms with Gasteiger partial charge in [0, 0.05) is 0 Å². The molecule has 17 heavy (non-hydrogen) atoms. The fraction of sp³-hybridized carbons (Fsp3) is 0.200. The van der Waals surface area contributed by atoms with Crippen molar-refractivity contribution in [2.45, 2.75) is 19.6 Å². The molecular weight excluding hydrogens is 212 g/mol. The van der Waals surface area contributed by atoms with Gasteiger partial charge in [-0.15, -0.1) is 0 Å². The molecule has 0 amide bonds. The SMILES string of the molecule is C[C@@H](O)c1cccc(OCc2ccccc2)c1. The second-order valence-electron chi connectivity index (χ2n) is 4.02. The fourth-order valence-electron chi connectivity index (χ4n) is 1.61. The molecule has 2 aromatic rings. The van der Waals surface area contributed by atoms with E-state index >= 15 is 0 Å². The van der Waals surface area contributed by atoms with Crippen molar-refractivity contribution in [3.8, 4) is 5.75 Å². The summed E-state index contributed by atoms with van der Waals surface area (Å²) in [6, 6.07) is 17.6. The Kier molecular flexibility index (Phi) is 3.78. The smallest absolute Gasteiger partial charge is 0.120 e. The lowest BCUT2D eigenvalue weighted by molar-refractivity contribution is 0.198. The highest BCUT2D eigenvalue weighted by atomic mass is 16.5. The van der Waals surface area contributed by atoms with E-state index in [0.717, 1.165) is 16.9 Å². The van der Waals surface area contributed by atoms with Gasteiger partial charge in [0.05, 0.1) is 6.10 Å². The second kappa shape index (κ2) is 5.51. The minimum absolute atomic E-state index is 0.463. The van der Waals surface area contributed by atoms with Crippen molar-refractivity contribution in [1.82, 2.24) is 0 Å². The van der Waals surface area contributed by atoms with Crippen molar-refractivity contribution in [1.29, 1.82) is 0 Å². The molecule has 2 aromatic carbocycles. The van der Waals surface area contributed by atoms with Gasteiger partial charge in [-0.25, -0.2) is 0 Å². The average molecular weight is 228 g/mol. The monoisotopic (exact) mass is 228 g/mol. The molecule has 0 heterocycles. The van der Waals surface area contributed by atoms with Crippen LogP contribution in [0.3, 0.4) is 0 Å². The highest BCUT2D eigenvalue weighted by Crippen LogP contribution is 2.19. The molecule has 0 aromatic heterocycles. The molecule has 0 aliphatic carbocycles. The first kappa shape index (κ1) is 11.7. The van der Waals surface area contributed by atoms with Gasteiger partial charge in [0.25, 0.3) is 0 Å². The van der Waals surface area contributed by atoms with Crippen LogP contribution in [0.25, 0.3) is 0 Å². The first-order valence-electron chi connectivity index (χ1n) is 5.70. The molecule has 88 valence electrons. The molecule has 0 bridgehead atoms. The van der Waals surface area contributed by atoms with Gasteiger partial charge in [-0.1, -0.05) is 42.5 Å². The molecule has 0 unspecified atom stereocenters. The summed E-state index contributed by atoms with van der Waals surface area (Å²) in [6.07, 6.45) is -0.463. The summed E-state index contributed by atoms with van der Waals surface area (Å²) in [5, 5.41) is 9.48. The Bertz CT molecular complexity index is 463. The number of hydrogen-bond acceptors (Lipinski definition) is 2. The summed E-state index contributed by atoms with van der Waals surface area (Å²) < 4.78 is 5.67. The van der Waals surface area contributed by atoms with E-state index in [0.29, 0.717) is 6.61 Å². The average Bonchev–Trinajstić information content (AvgIpc) is 2.38. The highest BCUT2D eigenvalue weighted by Gasteiger charge is 2.02. The molecule has 1 N–H and O–H groups in total. The van der Waals surface area contributed by atoms with Crippen LogP contribution in [0.15, 0.2) is 54.6 Å². The standard InChI is InChI=1S/C15H16O2/c1-12(16)14-8-5-9-15(10-14)17-11-13-6-3-2-4-7-13/h2-10,12,16H,11H2,1H3/t12-/m1/s1. The van der Waals surface area contributed by atoms with E-state index in [4.69, 9.17) is 4.74 Å². The summed E-state index contributed by atoms with van der Waals surface area (Å²) in [6.45, 7) is 2.29. The van der Waals surface area contributed by atoms with Gasteiger partial charge in [-0.05, 0) is 30.2 Å². The molecule has 2 rings (SSSR count). The third-order valence-electron chi connectivity index (χ3n) is 2.59.